The Morgan fingerprint density at radius 3 is 3.10 bits per heavy atom. The van der Waals surface area contributed by atoms with Crippen molar-refractivity contribution in [2.45, 2.75) is 32.9 Å². The summed E-state index contributed by atoms with van der Waals surface area (Å²) in [5.74, 6) is 1.05. The number of carbonyl (C=O) groups excluding carboxylic acids is 1. The molecule has 7 nitrogen and oxygen atoms in total. The average molecular weight is 277 g/mol. The maximum absolute atomic E-state index is 11.6. The first-order chi connectivity index (χ1) is 9.37. The Hall–Kier alpha value is -2.23. The van der Waals surface area contributed by atoms with Crippen LogP contribution in [0.15, 0.2) is 6.07 Å². The van der Waals surface area contributed by atoms with Gasteiger partial charge in [-0.25, -0.2) is 9.48 Å². The van der Waals surface area contributed by atoms with E-state index in [0.717, 1.165) is 12.4 Å². The van der Waals surface area contributed by atoms with Crippen molar-refractivity contribution < 1.29 is 9.53 Å². The number of hydrogen-bond donors (Lipinski definition) is 2. The maximum Gasteiger partial charge on any atom is 0.407 e. The summed E-state index contributed by atoms with van der Waals surface area (Å²) in [5, 5.41) is 18.9. The average Bonchev–Trinajstić information content (AvgIpc) is 2.76. The third-order valence-corrected chi connectivity index (χ3v) is 2.83. The molecule has 7 heteroatoms. The Bertz CT molecular complexity index is 538. The number of aromatic nitrogens is 2. The lowest BCUT2D eigenvalue weighted by Gasteiger charge is -2.26. The van der Waals surface area contributed by atoms with Gasteiger partial charge in [0.2, 0.25) is 0 Å². The summed E-state index contributed by atoms with van der Waals surface area (Å²) in [5.41, 5.74) is -0.0978. The second-order valence-corrected chi connectivity index (χ2v) is 5.84. The lowest BCUT2D eigenvalue weighted by Crippen LogP contribution is -2.40. The summed E-state index contributed by atoms with van der Waals surface area (Å²) in [6.45, 7) is 7.38. The van der Waals surface area contributed by atoms with Crippen LogP contribution in [0.25, 0.3) is 0 Å². The lowest BCUT2D eigenvalue weighted by atomic mass is 10.1. The van der Waals surface area contributed by atoms with E-state index in [0.29, 0.717) is 18.8 Å². The largest absolute Gasteiger partial charge is 0.444 e. The molecule has 0 saturated carbocycles. The molecule has 1 amide bonds. The van der Waals surface area contributed by atoms with Gasteiger partial charge < -0.3 is 15.4 Å². The summed E-state index contributed by atoms with van der Waals surface area (Å²) in [6, 6.07) is 3.73. The second-order valence-electron chi connectivity index (χ2n) is 5.84. The van der Waals surface area contributed by atoms with Crippen molar-refractivity contribution in [2.75, 3.05) is 18.4 Å². The number of alkyl carbamates (subject to hydrolysis) is 1. The van der Waals surface area contributed by atoms with Crippen molar-refractivity contribution in [1.29, 1.82) is 5.26 Å². The van der Waals surface area contributed by atoms with Crippen LogP contribution in [-0.2, 0) is 11.3 Å². The molecule has 1 atom stereocenters. The number of ether oxygens (including phenoxy) is 1. The molecule has 2 heterocycles. The maximum atomic E-state index is 11.6. The van der Waals surface area contributed by atoms with E-state index in [2.05, 4.69) is 15.7 Å². The second kappa shape index (κ2) is 5.41. The molecular weight excluding hydrogens is 258 g/mol. The molecule has 0 aliphatic carbocycles. The Morgan fingerprint density at radius 1 is 1.70 bits per heavy atom. The van der Waals surface area contributed by atoms with Crippen molar-refractivity contribution in [3.05, 3.63) is 11.8 Å². The molecule has 0 radical (unpaired) electrons. The molecule has 1 aromatic rings. The van der Waals surface area contributed by atoms with Crippen molar-refractivity contribution in [3.63, 3.8) is 0 Å². The number of nitrogens with one attached hydrogen (secondary N) is 2. The predicted octanol–water partition coefficient (Wildman–Crippen LogP) is 1.32. The summed E-state index contributed by atoms with van der Waals surface area (Å²) in [7, 11) is 0. The number of amides is 1. The van der Waals surface area contributed by atoms with Gasteiger partial charge in [0.1, 0.15) is 17.5 Å². The van der Waals surface area contributed by atoms with Crippen LogP contribution in [0.5, 0.6) is 0 Å². The van der Waals surface area contributed by atoms with E-state index in [1.165, 1.54) is 0 Å². The molecule has 1 unspecified atom stereocenters. The van der Waals surface area contributed by atoms with Crippen LogP contribution in [0.1, 0.15) is 26.5 Å². The van der Waals surface area contributed by atoms with Gasteiger partial charge >= 0.3 is 6.09 Å². The molecule has 2 rings (SSSR count). The third kappa shape index (κ3) is 3.63. The van der Waals surface area contributed by atoms with Crippen LogP contribution in [0, 0.1) is 17.2 Å². The van der Waals surface area contributed by atoms with Crippen LogP contribution >= 0.6 is 0 Å². The molecule has 20 heavy (non-hydrogen) atoms. The fourth-order valence-corrected chi connectivity index (χ4v) is 1.99. The smallest absolute Gasteiger partial charge is 0.407 e. The number of anilines is 1. The molecule has 0 spiro atoms. The van der Waals surface area contributed by atoms with Gasteiger partial charge in [-0.3, -0.25) is 0 Å². The highest BCUT2D eigenvalue weighted by molar-refractivity contribution is 5.67. The zero-order valence-corrected chi connectivity index (χ0v) is 11.9. The molecule has 2 N–H and O–H groups in total. The van der Waals surface area contributed by atoms with Gasteiger partial charge in [-0.15, -0.1) is 0 Å². The molecule has 1 aliphatic rings. The molecular formula is C13H19N5O2. The van der Waals surface area contributed by atoms with E-state index in [1.807, 2.05) is 26.8 Å². The van der Waals surface area contributed by atoms with Gasteiger partial charge in [0, 0.05) is 31.6 Å². The van der Waals surface area contributed by atoms with E-state index < -0.39 is 11.7 Å². The minimum atomic E-state index is -0.494. The molecule has 0 saturated heterocycles. The van der Waals surface area contributed by atoms with Gasteiger partial charge in [-0.1, -0.05) is 0 Å². The molecule has 1 aromatic heterocycles. The van der Waals surface area contributed by atoms with Crippen LogP contribution in [0.4, 0.5) is 10.6 Å². The quantitative estimate of drug-likeness (QED) is 0.850. The van der Waals surface area contributed by atoms with Crippen molar-refractivity contribution in [2.24, 2.45) is 5.92 Å². The number of nitrogens with zero attached hydrogens (tertiary/aromatic N) is 3. The summed E-state index contributed by atoms with van der Waals surface area (Å²) in [6.07, 6.45) is -0.415. The monoisotopic (exact) mass is 277 g/mol. The number of nitriles is 1. The van der Waals surface area contributed by atoms with Gasteiger partial charge in [-0.2, -0.15) is 10.4 Å². The first kappa shape index (κ1) is 14.2. The number of rotatable bonds is 2. The topological polar surface area (TPSA) is 92.0 Å². The van der Waals surface area contributed by atoms with Crippen LogP contribution in [-0.4, -0.2) is 34.6 Å². The predicted molar refractivity (Wildman–Crippen MR) is 73.2 cm³/mol. The number of fused-ring (bicyclic) bond motifs is 1. The van der Waals surface area contributed by atoms with Crippen LogP contribution < -0.4 is 10.6 Å². The summed E-state index contributed by atoms with van der Waals surface area (Å²) >= 11 is 0. The SMILES string of the molecule is CC(C)(C)OC(=O)NCC1CNc2cc(C#N)nn2C1. The highest BCUT2D eigenvalue weighted by Gasteiger charge is 2.22. The zero-order chi connectivity index (χ0) is 14.8. The lowest BCUT2D eigenvalue weighted by molar-refractivity contribution is 0.0518. The molecule has 0 aromatic carbocycles. The zero-order valence-electron chi connectivity index (χ0n) is 11.9. The highest BCUT2D eigenvalue weighted by Crippen LogP contribution is 2.18. The minimum Gasteiger partial charge on any atom is -0.444 e. The standard InChI is InChI=1S/C13H19N5O2/c1-13(2,3)20-12(19)16-7-9-6-15-11-4-10(5-14)17-18(11)8-9/h4,9,15H,6-8H2,1-3H3,(H,16,19). The van der Waals surface area contributed by atoms with Crippen molar-refractivity contribution >= 4 is 11.9 Å². The first-order valence-corrected chi connectivity index (χ1v) is 6.56. The van der Waals surface area contributed by atoms with E-state index >= 15 is 0 Å². The number of carbonyl (C=O) groups is 1. The Kier molecular flexibility index (Phi) is 3.84. The van der Waals surface area contributed by atoms with Gasteiger partial charge in [0.15, 0.2) is 5.69 Å². The van der Waals surface area contributed by atoms with E-state index in [9.17, 15) is 4.79 Å². The van der Waals surface area contributed by atoms with Gasteiger partial charge in [-0.05, 0) is 20.8 Å². The van der Waals surface area contributed by atoms with E-state index in [4.69, 9.17) is 10.00 Å². The Balaban J connectivity index is 1.85. The van der Waals surface area contributed by atoms with Gasteiger partial charge in [0.25, 0.3) is 0 Å². The highest BCUT2D eigenvalue weighted by atomic mass is 16.6. The van der Waals surface area contributed by atoms with Gasteiger partial charge in [0.05, 0.1) is 0 Å². The molecule has 1 aliphatic heterocycles. The van der Waals surface area contributed by atoms with Crippen molar-refractivity contribution in [1.82, 2.24) is 15.1 Å². The number of hydrogen-bond acceptors (Lipinski definition) is 5. The summed E-state index contributed by atoms with van der Waals surface area (Å²) < 4.78 is 6.94. The molecule has 108 valence electrons. The van der Waals surface area contributed by atoms with E-state index in [1.54, 1.807) is 10.7 Å². The summed E-state index contributed by atoms with van der Waals surface area (Å²) in [4.78, 5) is 11.6. The van der Waals surface area contributed by atoms with Crippen molar-refractivity contribution in [3.8, 4) is 6.07 Å². The Morgan fingerprint density at radius 2 is 2.45 bits per heavy atom. The van der Waals surface area contributed by atoms with E-state index in [-0.39, 0.29) is 5.92 Å². The Labute approximate surface area is 117 Å². The van der Waals surface area contributed by atoms with Crippen LogP contribution in [0.2, 0.25) is 0 Å². The third-order valence-electron chi connectivity index (χ3n) is 2.83. The fourth-order valence-electron chi connectivity index (χ4n) is 1.99. The first-order valence-electron chi connectivity index (χ1n) is 6.56. The molecule has 0 fully saturated rings. The normalized spacial score (nSPS) is 17.6. The minimum absolute atomic E-state index is 0.210. The fraction of sp³-hybridized carbons (Fsp3) is 0.615. The van der Waals surface area contributed by atoms with Crippen LogP contribution in [0.3, 0.4) is 0 Å². The molecule has 0 bridgehead atoms.